The Hall–Kier alpha value is -1.35. The van der Waals surface area contributed by atoms with E-state index in [0.29, 0.717) is 15.7 Å². The Balaban J connectivity index is 2.81. The molecule has 0 heterocycles. The van der Waals surface area contributed by atoms with Gasteiger partial charge in [0, 0.05) is 23.6 Å². The van der Waals surface area contributed by atoms with Crippen molar-refractivity contribution in [3.8, 4) is 0 Å². The third-order valence-electron chi connectivity index (χ3n) is 4.68. The zero-order valence-corrected chi connectivity index (χ0v) is 21.8. The zero-order chi connectivity index (χ0) is 23.6. The Morgan fingerprint density at radius 3 is 2.23 bits per heavy atom. The molecule has 1 unspecified atom stereocenters. The molecule has 1 atom stereocenters. The summed E-state index contributed by atoms with van der Waals surface area (Å²) in [6.07, 6.45) is -3.12. The summed E-state index contributed by atoms with van der Waals surface area (Å²) in [5, 5.41) is 0.131. The largest absolute Gasteiger partial charge is 0.425 e. The number of halogens is 5. The van der Waals surface area contributed by atoms with Crippen molar-refractivity contribution in [1.82, 2.24) is 4.90 Å². The monoisotopic (exact) mass is 534 g/mol. The number of benzene rings is 2. The Kier molecular flexibility index (Phi) is 8.06. The highest BCUT2D eigenvalue weighted by Gasteiger charge is 2.60. The van der Waals surface area contributed by atoms with Gasteiger partial charge in [0.15, 0.2) is 8.32 Å². The predicted octanol–water partition coefficient (Wildman–Crippen LogP) is 7.68. The van der Waals surface area contributed by atoms with Crippen LogP contribution in [0.25, 0.3) is 0 Å². The number of hydrogen-bond acceptors (Lipinski definition) is 2. The van der Waals surface area contributed by atoms with Crippen molar-refractivity contribution in [2.75, 3.05) is 13.6 Å². The molecule has 0 radical (unpaired) electrons. The van der Waals surface area contributed by atoms with Crippen LogP contribution >= 0.6 is 27.5 Å². The summed E-state index contributed by atoms with van der Waals surface area (Å²) in [4.78, 5) is 6.17. The summed E-state index contributed by atoms with van der Waals surface area (Å²) in [7, 11) is -0.832. The van der Waals surface area contributed by atoms with E-state index in [1.165, 1.54) is 18.2 Å². The fourth-order valence-corrected chi connectivity index (χ4v) is 4.91. The van der Waals surface area contributed by atoms with Crippen LogP contribution in [0.2, 0.25) is 24.7 Å². The lowest BCUT2D eigenvalue weighted by atomic mass is 9.83. The smallest absolute Gasteiger partial charge is 0.397 e. The first-order chi connectivity index (χ1) is 14.2. The van der Waals surface area contributed by atoms with Crippen LogP contribution in [0.3, 0.4) is 0 Å². The van der Waals surface area contributed by atoms with E-state index in [4.69, 9.17) is 16.0 Å². The molecule has 0 saturated heterocycles. The maximum absolute atomic E-state index is 14.9. The molecule has 0 bridgehead atoms. The summed E-state index contributed by atoms with van der Waals surface area (Å²) in [5.74, 6) is 0. The van der Waals surface area contributed by atoms with Gasteiger partial charge in [-0.3, -0.25) is 0 Å². The lowest BCUT2D eigenvalue weighted by Gasteiger charge is -2.42. The van der Waals surface area contributed by atoms with Crippen LogP contribution in [0.4, 0.5) is 18.9 Å². The molecule has 9 heteroatoms. The Morgan fingerprint density at radius 1 is 1.16 bits per heavy atom. The van der Waals surface area contributed by atoms with E-state index < -0.39 is 20.1 Å². The van der Waals surface area contributed by atoms with Gasteiger partial charge in [0.2, 0.25) is 5.60 Å². The van der Waals surface area contributed by atoms with Gasteiger partial charge in [0.25, 0.3) is 0 Å². The van der Waals surface area contributed by atoms with Gasteiger partial charge < -0.3 is 9.33 Å². The second kappa shape index (κ2) is 9.64. The molecule has 0 saturated carbocycles. The molecule has 0 aliphatic heterocycles. The van der Waals surface area contributed by atoms with E-state index >= 15 is 0 Å². The summed E-state index contributed by atoms with van der Waals surface area (Å²) in [5.41, 5.74) is -1.87. The van der Waals surface area contributed by atoms with Crippen molar-refractivity contribution in [2.45, 2.75) is 45.3 Å². The van der Waals surface area contributed by atoms with Crippen molar-refractivity contribution in [2.24, 2.45) is 4.99 Å². The minimum Gasteiger partial charge on any atom is -0.397 e. The van der Waals surface area contributed by atoms with Crippen molar-refractivity contribution in [1.29, 1.82) is 0 Å². The fourth-order valence-electron chi connectivity index (χ4n) is 3.17. The molecule has 0 fully saturated rings. The number of rotatable bonds is 7. The first-order valence-electron chi connectivity index (χ1n) is 9.79. The van der Waals surface area contributed by atoms with Crippen molar-refractivity contribution in [3.63, 3.8) is 0 Å². The topological polar surface area (TPSA) is 24.8 Å². The maximum Gasteiger partial charge on any atom is 0.425 e. The van der Waals surface area contributed by atoms with E-state index in [1.54, 1.807) is 51.1 Å². The molecule has 0 spiro atoms. The van der Waals surface area contributed by atoms with Gasteiger partial charge in [0.1, 0.15) is 0 Å². The van der Waals surface area contributed by atoms with Gasteiger partial charge in [-0.1, -0.05) is 39.7 Å². The minimum atomic E-state index is -4.72. The van der Waals surface area contributed by atoms with Crippen LogP contribution in [-0.2, 0) is 10.0 Å². The standard InChI is InChI=1S/C22H27BrClF3N2OSi/c1-7-29(3)14-28-20-12-15(2)18(13-19(20)24)21(22(25,26)27,30-31(4,5)6)16-8-10-17(23)11-9-16/h8-14H,7H2,1-6H3. The van der Waals surface area contributed by atoms with Crippen LogP contribution in [0.5, 0.6) is 0 Å². The molecule has 31 heavy (non-hydrogen) atoms. The molecule has 2 aromatic carbocycles. The average Bonchev–Trinajstić information content (AvgIpc) is 2.65. The molecule has 2 aromatic rings. The zero-order valence-electron chi connectivity index (χ0n) is 18.4. The number of hydrogen-bond donors (Lipinski definition) is 0. The van der Waals surface area contributed by atoms with E-state index in [2.05, 4.69) is 20.9 Å². The molecule has 170 valence electrons. The summed E-state index contributed by atoms with van der Waals surface area (Å²) < 4.78 is 51.4. The van der Waals surface area contributed by atoms with Gasteiger partial charge in [-0.05, 0) is 68.9 Å². The highest BCUT2D eigenvalue weighted by Crippen LogP contribution is 2.51. The van der Waals surface area contributed by atoms with Gasteiger partial charge in [0.05, 0.1) is 17.0 Å². The summed E-state index contributed by atoms with van der Waals surface area (Å²) in [6.45, 7) is 9.54. The molecular formula is C22H27BrClF3N2OSi. The van der Waals surface area contributed by atoms with Crippen molar-refractivity contribution >= 4 is 47.9 Å². The lowest BCUT2D eigenvalue weighted by Crippen LogP contribution is -2.52. The van der Waals surface area contributed by atoms with E-state index in [9.17, 15) is 13.2 Å². The van der Waals surface area contributed by atoms with Gasteiger partial charge in [-0.25, -0.2) is 4.99 Å². The van der Waals surface area contributed by atoms with Crippen LogP contribution < -0.4 is 0 Å². The van der Waals surface area contributed by atoms with Crippen molar-refractivity contribution < 1.29 is 17.6 Å². The molecular weight excluding hydrogens is 509 g/mol. The first kappa shape index (κ1) is 25.9. The molecule has 0 aliphatic rings. The molecule has 0 N–H and O–H groups in total. The Labute approximate surface area is 196 Å². The van der Waals surface area contributed by atoms with E-state index in [-0.39, 0.29) is 16.1 Å². The maximum atomic E-state index is 14.9. The second-order valence-corrected chi connectivity index (χ2v) is 14.1. The molecule has 0 aliphatic carbocycles. The average molecular weight is 536 g/mol. The minimum absolute atomic E-state index is 0.00626. The Bertz CT molecular complexity index is 945. The lowest BCUT2D eigenvalue weighted by molar-refractivity contribution is -0.240. The molecule has 3 nitrogen and oxygen atoms in total. The summed E-state index contributed by atoms with van der Waals surface area (Å²) in [6, 6.07) is 8.95. The number of nitrogens with zero attached hydrogens (tertiary/aromatic N) is 2. The highest BCUT2D eigenvalue weighted by molar-refractivity contribution is 9.10. The van der Waals surface area contributed by atoms with Gasteiger partial charge in [-0.2, -0.15) is 13.2 Å². The Morgan fingerprint density at radius 2 is 1.74 bits per heavy atom. The number of aryl methyl sites for hydroxylation is 1. The van der Waals surface area contributed by atoms with Gasteiger partial charge in [-0.15, -0.1) is 0 Å². The van der Waals surface area contributed by atoms with Crippen LogP contribution in [0.1, 0.15) is 23.6 Å². The van der Waals surface area contributed by atoms with Crippen LogP contribution in [0, 0.1) is 6.92 Å². The normalized spacial score (nSPS) is 14.7. The van der Waals surface area contributed by atoms with Crippen LogP contribution in [-0.4, -0.2) is 39.3 Å². The number of aliphatic imine (C=N–C) groups is 1. The molecule has 2 rings (SSSR count). The third kappa shape index (κ3) is 5.91. The first-order valence-corrected chi connectivity index (χ1v) is 14.4. The number of alkyl halides is 3. The van der Waals surface area contributed by atoms with Gasteiger partial charge >= 0.3 is 6.18 Å². The van der Waals surface area contributed by atoms with Crippen LogP contribution in [0.15, 0.2) is 45.9 Å². The summed E-state index contributed by atoms with van der Waals surface area (Å²) >= 11 is 9.71. The van der Waals surface area contributed by atoms with E-state index in [1.807, 2.05) is 18.9 Å². The molecule has 0 amide bonds. The second-order valence-electron chi connectivity index (χ2n) is 8.34. The highest BCUT2D eigenvalue weighted by atomic mass is 79.9. The van der Waals surface area contributed by atoms with Crippen molar-refractivity contribution in [3.05, 3.63) is 62.6 Å². The predicted molar refractivity (Wildman–Crippen MR) is 128 cm³/mol. The van der Waals surface area contributed by atoms with E-state index in [0.717, 1.165) is 6.54 Å². The quantitative estimate of drug-likeness (QED) is 0.206. The third-order valence-corrected chi connectivity index (χ3v) is 6.43. The SMILES string of the molecule is CCN(C)C=Nc1cc(C)c(C(O[Si](C)(C)C)(c2ccc(Br)cc2)C(F)(F)F)cc1Cl. The fraction of sp³-hybridized carbons (Fsp3) is 0.409. The molecule has 0 aromatic heterocycles.